The second-order valence-electron chi connectivity index (χ2n) is 5.67. The van der Waals surface area contributed by atoms with Crippen molar-refractivity contribution >= 4 is 17.6 Å². The minimum Gasteiger partial charge on any atom is -0.465 e. The van der Waals surface area contributed by atoms with Crippen LogP contribution in [-0.2, 0) is 9.53 Å². The average molecular weight is 319 g/mol. The third kappa shape index (κ3) is 3.97. The van der Waals surface area contributed by atoms with Gasteiger partial charge < -0.3 is 15.4 Å². The van der Waals surface area contributed by atoms with E-state index in [1.165, 1.54) is 13.2 Å². The van der Waals surface area contributed by atoms with E-state index in [0.717, 1.165) is 25.0 Å². The minimum absolute atomic E-state index is 0.131. The van der Waals surface area contributed by atoms with Gasteiger partial charge in [-0.05, 0) is 43.9 Å². The Kier molecular flexibility index (Phi) is 4.84. The molecule has 1 aromatic carbocycles. The molecule has 0 radical (unpaired) electrons. The summed E-state index contributed by atoms with van der Waals surface area (Å²) in [5.41, 5.74) is -0.602. The highest BCUT2D eigenvalue weighted by Gasteiger charge is 2.42. The lowest BCUT2D eigenvalue weighted by Gasteiger charge is -2.23. The fourth-order valence-corrected chi connectivity index (χ4v) is 2.34. The number of ether oxygens (including phenoxy) is 1. The molecule has 6 nitrogen and oxygen atoms in total. The molecular formula is C16H18FN3O3. The summed E-state index contributed by atoms with van der Waals surface area (Å²) in [5, 5.41) is 14.6. The number of halogens is 1. The fourth-order valence-electron chi connectivity index (χ4n) is 2.34. The van der Waals surface area contributed by atoms with Crippen molar-refractivity contribution < 1.29 is 18.7 Å². The maximum absolute atomic E-state index is 13.3. The van der Waals surface area contributed by atoms with Crippen molar-refractivity contribution in [3.63, 3.8) is 0 Å². The highest BCUT2D eigenvalue weighted by atomic mass is 19.1. The highest BCUT2D eigenvalue weighted by Crippen LogP contribution is 2.39. The summed E-state index contributed by atoms with van der Waals surface area (Å²) in [4.78, 5) is 23.7. The van der Waals surface area contributed by atoms with Crippen LogP contribution in [0.15, 0.2) is 18.2 Å². The molecule has 1 aliphatic rings. The number of nitrogens with zero attached hydrogens (tertiary/aromatic N) is 1. The van der Waals surface area contributed by atoms with Crippen LogP contribution in [0, 0.1) is 23.1 Å². The SMILES string of the molecule is COC(=O)c1ccc(F)cc1NCC(=O)N[C@](C)(C#N)C1CC1. The molecule has 2 N–H and O–H groups in total. The number of carbonyl (C=O) groups is 2. The molecule has 0 bridgehead atoms. The lowest BCUT2D eigenvalue weighted by atomic mass is 9.98. The molecule has 0 aliphatic heterocycles. The predicted molar refractivity (Wildman–Crippen MR) is 81.1 cm³/mol. The van der Waals surface area contributed by atoms with E-state index in [4.69, 9.17) is 0 Å². The summed E-state index contributed by atoms with van der Waals surface area (Å²) in [6, 6.07) is 5.66. The number of esters is 1. The Labute approximate surface area is 133 Å². The van der Waals surface area contributed by atoms with Crippen LogP contribution in [0.1, 0.15) is 30.1 Å². The van der Waals surface area contributed by atoms with E-state index in [2.05, 4.69) is 21.4 Å². The van der Waals surface area contributed by atoms with E-state index in [0.29, 0.717) is 0 Å². The zero-order chi connectivity index (χ0) is 17.0. The number of carbonyl (C=O) groups excluding carboxylic acids is 2. The molecule has 0 spiro atoms. The first-order chi connectivity index (χ1) is 10.9. The Hall–Kier alpha value is -2.62. The fraction of sp³-hybridized carbons (Fsp3) is 0.438. The van der Waals surface area contributed by atoms with Gasteiger partial charge in [-0.25, -0.2) is 9.18 Å². The van der Waals surface area contributed by atoms with Crippen LogP contribution in [0.4, 0.5) is 10.1 Å². The van der Waals surface area contributed by atoms with Gasteiger partial charge in [0, 0.05) is 0 Å². The Morgan fingerprint density at radius 1 is 1.48 bits per heavy atom. The summed E-state index contributed by atoms with van der Waals surface area (Å²) in [5.74, 6) is -1.41. The van der Waals surface area contributed by atoms with E-state index in [-0.39, 0.29) is 23.7 Å². The number of nitriles is 1. The van der Waals surface area contributed by atoms with Crippen LogP contribution in [0.2, 0.25) is 0 Å². The van der Waals surface area contributed by atoms with E-state index < -0.39 is 23.2 Å². The lowest BCUT2D eigenvalue weighted by Crippen LogP contribution is -2.48. The van der Waals surface area contributed by atoms with Gasteiger partial charge >= 0.3 is 5.97 Å². The molecule has 2 rings (SSSR count). The molecule has 1 saturated carbocycles. The van der Waals surface area contributed by atoms with Gasteiger partial charge in [0.05, 0.1) is 31.0 Å². The first-order valence-electron chi connectivity index (χ1n) is 7.23. The number of nitrogens with one attached hydrogen (secondary N) is 2. The van der Waals surface area contributed by atoms with Gasteiger partial charge in [-0.1, -0.05) is 0 Å². The molecule has 122 valence electrons. The van der Waals surface area contributed by atoms with Crippen LogP contribution in [0.3, 0.4) is 0 Å². The maximum atomic E-state index is 13.3. The summed E-state index contributed by atoms with van der Waals surface area (Å²) in [7, 11) is 1.22. The van der Waals surface area contributed by atoms with Crippen molar-refractivity contribution in [3.05, 3.63) is 29.6 Å². The van der Waals surface area contributed by atoms with Gasteiger partial charge in [0.15, 0.2) is 0 Å². The van der Waals surface area contributed by atoms with Gasteiger partial charge in [0.1, 0.15) is 11.4 Å². The molecular weight excluding hydrogens is 301 g/mol. The normalized spacial score (nSPS) is 15.9. The minimum atomic E-state index is -0.897. The van der Waals surface area contributed by atoms with Crippen LogP contribution in [0.5, 0.6) is 0 Å². The van der Waals surface area contributed by atoms with Crippen molar-refractivity contribution in [1.82, 2.24) is 5.32 Å². The van der Waals surface area contributed by atoms with Crippen LogP contribution < -0.4 is 10.6 Å². The number of hydrogen-bond acceptors (Lipinski definition) is 5. The standard InChI is InChI=1S/C16H18FN3O3/c1-16(9-18,10-3-4-10)20-14(21)8-19-13-7-11(17)5-6-12(13)15(22)23-2/h5-7,10,19H,3-4,8H2,1-2H3,(H,20,21)/t16-/m1/s1. The lowest BCUT2D eigenvalue weighted by molar-refractivity contribution is -0.120. The third-order valence-corrected chi connectivity index (χ3v) is 3.85. The van der Waals surface area contributed by atoms with Crippen molar-refractivity contribution in [2.75, 3.05) is 19.0 Å². The van der Waals surface area contributed by atoms with E-state index in [1.54, 1.807) is 6.92 Å². The predicted octanol–water partition coefficient (Wildman–Crippen LogP) is 1.83. The Bertz CT molecular complexity index is 667. The van der Waals surface area contributed by atoms with Crippen molar-refractivity contribution in [3.8, 4) is 6.07 Å². The summed E-state index contributed by atoms with van der Waals surface area (Å²) < 4.78 is 18.0. The average Bonchev–Trinajstić information content (AvgIpc) is 3.37. The van der Waals surface area contributed by atoms with Gasteiger partial charge in [-0.15, -0.1) is 0 Å². The number of rotatable bonds is 6. The van der Waals surface area contributed by atoms with Crippen molar-refractivity contribution in [2.45, 2.75) is 25.3 Å². The summed E-state index contributed by atoms with van der Waals surface area (Å²) in [6.45, 7) is 1.50. The Morgan fingerprint density at radius 2 is 2.17 bits per heavy atom. The monoisotopic (exact) mass is 319 g/mol. The molecule has 0 saturated heterocycles. The first kappa shape index (κ1) is 16.7. The van der Waals surface area contributed by atoms with Gasteiger partial charge in [0.25, 0.3) is 0 Å². The summed E-state index contributed by atoms with van der Waals surface area (Å²) >= 11 is 0. The smallest absolute Gasteiger partial charge is 0.339 e. The molecule has 0 heterocycles. The second kappa shape index (κ2) is 6.65. The second-order valence-corrected chi connectivity index (χ2v) is 5.67. The van der Waals surface area contributed by atoms with E-state index in [1.807, 2.05) is 0 Å². The van der Waals surface area contributed by atoms with Gasteiger partial charge in [-0.2, -0.15) is 5.26 Å². The quantitative estimate of drug-likeness (QED) is 0.781. The van der Waals surface area contributed by atoms with Crippen LogP contribution in [-0.4, -0.2) is 31.1 Å². The van der Waals surface area contributed by atoms with Crippen LogP contribution >= 0.6 is 0 Å². The number of anilines is 1. The number of amides is 1. The van der Waals surface area contributed by atoms with Crippen LogP contribution in [0.25, 0.3) is 0 Å². The van der Waals surface area contributed by atoms with E-state index >= 15 is 0 Å². The van der Waals surface area contributed by atoms with Gasteiger partial charge in [0.2, 0.25) is 5.91 Å². The molecule has 1 aromatic rings. The molecule has 0 aromatic heterocycles. The number of hydrogen-bond donors (Lipinski definition) is 2. The molecule has 1 fully saturated rings. The molecule has 0 unspecified atom stereocenters. The zero-order valence-corrected chi connectivity index (χ0v) is 13.0. The molecule has 1 aliphatic carbocycles. The van der Waals surface area contributed by atoms with Crippen molar-refractivity contribution in [1.29, 1.82) is 5.26 Å². The van der Waals surface area contributed by atoms with E-state index in [9.17, 15) is 19.2 Å². The Balaban J connectivity index is 2.03. The Morgan fingerprint density at radius 3 is 2.74 bits per heavy atom. The molecule has 1 amide bonds. The molecule has 1 atom stereocenters. The van der Waals surface area contributed by atoms with Crippen molar-refractivity contribution in [2.24, 2.45) is 5.92 Å². The molecule has 7 heteroatoms. The largest absolute Gasteiger partial charge is 0.465 e. The third-order valence-electron chi connectivity index (χ3n) is 3.85. The molecule has 23 heavy (non-hydrogen) atoms. The van der Waals surface area contributed by atoms with Gasteiger partial charge in [-0.3, -0.25) is 4.79 Å². The maximum Gasteiger partial charge on any atom is 0.339 e. The highest BCUT2D eigenvalue weighted by molar-refractivity contribution is 5.96. The first-order valence-corrected chi connectivity index (χ1v) is 7.23. The summed E-state index contributed by atoms with van der Waals surface area (Å²) in [6.07, 6.45) is 1.82. The number of methoxy groups -OCH3 is 1. The topological polar surface area (TPSA) is 91.2 Å². The number of benzene rings is 1. The zero-order valence-electron chi connectivity index (χ0n) is 13.0.